The average molecular weight is 431 g/mol. The monoisotopic (exact) mass is 431 g/mol. The number of anilines is 1. The number of benzene rings is 3. The Balaban J connectivity index is 1.69. The number of carbonyl (C=O) groups is 2. The number of hydrogen-bond donors (Lipinski definition) is 0. The summed E-state index contributed by atoms with van der Waals surface area (Å²) in [4.78, 5) is 28.2. The van der Waals surface area contributed by atoms with Gasteiger partial charge in [-0.3, -0.25) is 9.59 Å². The molecule has 5 heteroatoms. The summed E-state index contributed by atoms with van der Waals surface area (Å²) in [5.74, 6) is -0.676. The van der Waals surface area contributed by atoms with Gasteiger partial charge in [-0.15, -0.1) is 0 Å². The van der Waals surface area contributed by atoms with Crippen LogP contribution in [0.25, 0.3) is 22.6 Å². The fourth-order valence-corrected chi connectivity index (χ4v) is 4.32. The quantitative estimate of drug-likeness (QED) is 0.312. The summed E-state index contributed by atoms with van der Waals surface area (Å²) >= 11 is 0. The molecule has 0 fully saturated rings. The van der Waals surface area contributed by atoms with Gasteiger partial charge in [0.2, 0.25) is 0 Å². The Morgan fingerprint density at radius 3 is 2.33 bits per heavy atom. The van der Waals surface area contributed by atoms with E-state index in [1.54, 1.807) is 18.2 Å². The molecule has 1 aromatic heterocycles. The van der Waals surface area contributed by atoms with Crippen LogP contribution in [0.15, 0.2) is 79.0 Å². The number of nitrogens with zero attached hydrogens (tertiary/aromatic N) is 3. The van der Waals surface area contributed by atoms with Crippen LogP contribution in [0.1, 0.15) is 33.5 Å². The Morgan fingerprint density at radius 1 is 0.879 bits per heavy atom. The number of rotatable bonds is 4. The van der Waals surface area contributed by atoms with Crippen molar-refractivity contribution < 1.29 is 9.59 Å². The molecule has 0 spiro atoms. The van der Waals surface area contributed by atoms with Crippen LogP contribution < -0.4 is 4.90 Å². The second-order valence-corrected chi connectivity index (χ2v) is 8.09. The fraction of sp³-hybridized carbons (Fsp3) is 0.107. The van der Waals surface area contributed by atoms with Crippen LogP contribution in [0, 0.1) is 18.3 Å². The molecule has 2 amide bonds. The normalized spacial score (nSPS) is 14.5. The molecule has 0 saturated heterocycles. The molecule has 0 aliphatic carbocycles. The molecule has 0 radical (unpaired) electrons. The number of amides is 2. The van der Waals surface area contributed by atoms with E-state index < -0.39 is 0 Å². The molecule has 3 aromatic carbocycles. The van der Waals surface area contributed by atoms with Gasteiger partial charge in [0.15, 0.2) is 0 Å². The summed E-state index contributed by atoms with van der Waals surface area (Å²) in [6, 6.07) is 24.7. The third-order valence-electron chi connectivity index (χ3n) is 5.96. The van der Waals surface area contributed by atoms with E-state index in [4.69, 9.17) is 5.26 Å². The molecule has 0 saturated carbocycles. The van der Waals surface area contributed by atoms with Gasteiger partial charge in [0.05, 0.1) is 18.2 Å². The lowest BCUT2D eigenvalue weighted by molar-refractivity contribution is -0.112. The Labute approximate surface area is 191 Å². The van der Waals surface area contributed by atoms with Crippen LogP contribution in [0.3, 0.4) is 0 Å². The zero-order chi connectivity index (χ0) is 22.9. The maximum Gasteiger partial charge on any atom is 0.265 e. The summed E-state index contributed by atoms with van der Waals surface area (Å²) < 4.78 is 2.03. The van der Waals surface area contributed by atoms with Gasteiger partial charge in [-0.05, 0) is 42.8 Å². The van der Waals surface area contributed by atoms with E-state index in [9.17, 15) is 9.59 Å². The Morgan fingerprint density at radius 2 is 1.58 bits per heavy atom. The van der Waals surface area contributed by atoms with Crippen LogP contribution >= 0.6 is 0 Å². The first-order valence-electron chi connectivity index (χ1n) is 10.8. The van der Waals surface area contributed by atoms with Crippen LogP contribution in [-0.4, -0.2) is 16.4 Å². The first kappa shape index (κ1) is 20.5. The molecule has 0 bridgehead atoms. The summed E-state index contributed by atoms with van der Waals surface area (Å²) in [5.41, 5.74) is 5.07. The molecule has 160 valence electrons. The molecule has 2 heterocycles. The highest BCUT2D eigenvalue weighted by Crippen LogP contribution is 2.35. The number of hydrogen-bond acceptors (Lipinski definition) is 3. The van der Waals surface area contributed by atoms with Gasteiger partial charge in [-0.1, -0.05) is 54.1 Å². The van der Waals surface area contributed by atoms with Gasteiger partial charge in [0, 0.05) is 40.3 Å². The number of nitriles is 1. The van der Waals surface area contributed by atoms with Gasteiger partial charge in [-0.2, -0.15) is 5.26 Å². The molecule has 1 aliphatic rings. The zero-order valence-corrected chi connectivity index (χ0v) is 18.2. The lowest BCUT2D eigenvalue weighted by Crippen LogP contribution is -2.41. The Hall–Kier alpha value is -4.43. The van der Waals surface area contributed by atoms with Gasteiger partial charge in [0.25, 0.3) is 11.8 Å². The van der Waals surface area contributed by atoms with Crippen LogP contribution in [0.4, 0.5) is 5.69 Å². The molecular formula is C28H21N3O2. The molecule has 0 N–H and O–H groups in total. The predicted molar refractivity (Wildman–Crippen MR) is 129 cm³/mol. The van der Waals surface area contributed by atoms with Crippen molar-refractivity contribution in [3.05, 3.63) is 101 Å². The SMILES string of the molecule is Cc1ccc(N2C(=O)/C(=C/c3cn(CCC#N)c4ccccc34)c3ccccc3C2=O)cc1. The van der Waals surface area contributed by atoms with Gasteiger partial charge >= 0.3 is 0 Å². The van der Waals surface area contributed by atoms with Crippen molar-refractivity contribution in [1.82, 2.24) is 4.57 Å². The standard InChI is InChI=1S/C28H21N3O2/c1-19-11-13-21(14-12-19)31-27(32)24-9-3-2-8-23(24)25(28(31)33)17-20-18-30(16-6-15-29)26-10-5-4-7-22(20)26/h2-5,7-14,17-18H,6,16H2,1H3/b25-17+. The number of fused-ring (bicyclic) bond motifs is 2. The van der Waals surface area contributed by atoms with Crippen molar-refractivity contribution in [2.24, 2.45) is 0 Å². The van der Waals surface area contributed by atoms with Crippen molar-refractivity contribution in [2.45, 2.75) is 19.9 Å². The lowest BCUT2D eigenvalue weighted by Gasteiger charge is -2.28. The van der Waals surface area contributed by atoms with Crippen LogP contribution in [0.5, 0.6) is 0 Å². The van der Waals surface area contributed by atoms with E-state index in [1.807, 2.05) is 78.4 Å². The number of aromatic nitrogens is 1. The number of carbonyl (C=O) groups excluding carboxylic acids is 2. The number of para-hydroxylation sites is 1. The van der Waals surface area contributed by atoms with Gasteiger partial charge in [-0.25, -0.2) is 4.90 Å². The topological polar surface area (TPSA) is 66.1 Å². The highest BCUT2D eigenvalue weighted by atomic mass is 16.2. The molecule has 1 aliphatic heterocycles. The molecule has 0 atom stereocenters. The highest BCUT2D eigenvalue weighted by Gasteiger charge is 2.35. The molecular weight excluding hydrogens is 410 g/mol. The molecule has 0 unspecified atom stereocenters. The molecule has 4 aromatic rings. The smallest absolute Gasteiger partial charge is 0.265 e. The minimum atomic E-state index is -0.351. The van der Waals surface area contributed by atoms with E-state index in [0.717, 1.165) is 22.0 Å². The van der Waals surface area contributed by atoms with E-state index in [0.29, 0.717) is 35.4 Å². The summed E-state index contributed by atoms with van der Waals surface area (Å²) in [6.45, 7) is 2.53. The summed E-state index contributed by atoms with van der Waals surface area (Å²) in [5, 5.41) is 10.0. The Bertz CT molecular complexity index is 1470. The minimum Gasteiger partial charge on any atom is -0.346 e. The van der Waals surface area contributed by atoms with E-state index >= 15 is 0 Å². The van der Waals surface area contributed by atoms with E-state index in [2.05, 4.69) is 6.07 Å². The van der Waals surface area contributed by atoms with Gasteiger partial charge in [0.1, 0.15) is 0 Å². The highest BCUT2D eigenvalue weighted by molar-refractivity contribution is 6.43. The van der Waals surface area contributed by atoms with Crippen LogP contribution in [-0.2, 0) is 11.3 Å². The summed E-state index contributed by atoms with van der Waals surface area (Å²) in [7, 11) is 0. The molecule has 5 rings (SSSR count). The fourth-order valence-electron chi connectivity index (χ4n) is 4.32. The van der Waals surface area contributed by atoms with Crippen molar-refractivity contribution in [3.8, 4) is 6.07 Å². The first-order chi connectivity index (χ1) is 16.1. The number of imide groups is 1. The maximum absolute atomic E-state index is 13.7. The average Bonchev–Trinajstić information content (AvgIpc) is 3.19. The van der Waals surface area contributed by atoms with Crippen LogP contribution in [0.2, 0.25) is 0 Å². The third-order valence-corrected chi connectivity index (χ3v) is 5.96. The van der Waals surface area contributed by atoms with Crippen molar-refractivity contribution >= 4 is 40.1 Å². The Kier molecular flexibility index (Phi) is 5.12. The van der Waals surface area contributed by atoms with Crippen molar-refractivity contribution in [1.29, 1.82) is 5.26 Å². The minimum absolute atomic E-state index is 0.326. The van der Waals surface area contributed by atoms with E-state index in [-0.39, 0.29) is 11.8 Å². The molecule has 5 nitrogen and oxygen atoms in total. The van der Waals surface area contributed by atoms with Crippen molar-refractivity contribution in [3.63, 3.8) is 0 Å². The zero-order valence-electron chi connectivity index (χ0n) is 18.2. The first-order valence-corrected chi connectivity index (χ1v) is 10.8. The van der Waals surface area contributed by atoms with E-state index in [1.165, 1.54) is 4.90 Å². The van der Waals surface area contributed by atoms with Crippen molar-refractivity contribution in [2.75, 3.05) is 4.90 Å². The lowest BCUT2D eigenvalue weighted by atomic mass is 9.91. The summed E-state index contributed by atoms with van der Waals surface area (Å²) in [6.07, 6.45) is 4.23. The van der Waals surface area contributed by atoms with Gasteiger partial charge < -0.3 is 4.57 Å². The predicted octanol–water partition coefficient (Wildman–Crippen LogP) is 5.59. The molecule has 33 heavy (non-hydrogen) atoms. The number of aryl methyl sites for hydroxylation is 2. The largest absolute Gasteiger partial charge is 0.346 e. The third kappa shape index (κ3) is 3.52. The maximum atomic E-state index is 13.7. The second kappa shape index (κ2) is 8.25. The second-order valence-electron chi connectivity index (χ2n) is 8.09.